The van der Waals surface area contributed by atoms with E-state index in [-0.39, 0.29) is 11.1 Å². The van der Waals surface area contributed by atoms with Crippen molar-refractivity contribution in [2.24, 2.45) is 0 Å². The molecule has 0 aliphatic rings. The molecule has 0 saturated carbocycles. The lowest BCUT2D eigenvalue weighted by Gasteiger charge is -2.08. The Morgan fingerprint density at radius 1 is 1.00 bits per heavy atom. The Kier molecular flexibility index (Phi) is 4.53. The van der Waals surface area contributed by atoms with Crippen LogP contribution in [0.1, 0.15) is 5.56 Å². The van der Waals surface area contributed by atoms with Crippen LogP contribution < -0.4 is 5.32 Å². The minimum Gasteiger partial charge on any atom is -0.321 e. The van der Waals surface area contributed by atoms with E-state index in [9.17, 15) is 18.8 Å². The number of nitrogens with zero attached hydrogens (tertiary/aromatic N) is 1. The van der Waals surface area contributed by atoms with E-state index in [1.54, 1.807) is 18.2 Å². The number of carbonyl (C=O) groups is 1. The van der Waals surface area contributed by atoms with Crippen LogP contribution in [0, 0.1) is 23.0 Å². The third-order valence-electron chi connectivity index (χ3n) is 3.66. The van der Waals surface area contributed by atoms with Gasteiger partial charge >= 0.3 is 0 Å². The molecule has 122 valence electrons. The molecular formula is C20H12F2N2O. The molecule has 25 heavy (non-hydrogen) atoms. The molecule has 3 aromatic rings. The first-order chi connectivity index (χ1) is 12.1. The van der Waals surface area contributed by atoms with E-state index in [0.29, 0.717) is 5.69 Å². The number of anilines is 1. The van der Waals surface area contributed by atoms with Crippen LogP contribution in [-0.2, 0) is 4.79 Å². The van der Waals surface area contributed by atoms with Gasteiger partial charge in [-0.1, -0.05) is 42.5 Å². The number of fused-ring (bicyclic) bond motifs is 1. The standard InChI is InChI=1S/C20H12F2N2O/c21-17-9-8-13(11-18(17)22)10-15(12-23)20(25)24-19-7-3-5-14-4-1-2-6-16(14)19/h1-11H,(H,24,25). The van der Waals surface area contributed by atoms with E-state index in [0.717, 1.165) is 22.9 Å². The first kappa shape index (κ1) is 16.3. The molecule has 0 atom stereocenters. The Morgan fingerprint density at radius 3 is 2.52 bits per heavy atom. The van der Waals surface area contributed by atoms with Gasteiger partial charge in [0.05, 0.1) is 0 Å². The molecule has 3 nitrogen and oxygen atoms in total. The van der Waals surface area contributed by atoms with Crippen molar-refractivity contribution in [3.63, 3.8) is 0 Å². The topological polar surface area (TPSA) is 52.9 Å². The summed E-state index contributed by atoms with van der Waals surface area (Å²) in [6.07, 6.45) is 1.21. The Hall–Kier alpha value is -3.52. The summed E-state index contributed by atoms with van der Waals surface area (Å²) >= 11 is 0. The Morgan fingerprint density at radius 2 is 1.76 bits per heavy atom. The zero-order chi connectivity index (χ0) is 17.8. The smallest absolute Gasteiger partial charge is 0.266 e. The minimum atomic E-state index is -1.04. The second kappa shape index (κ2) is 6.93. The van der Waals surface area contributed by atoms with Crippen LogP contribution >= 0.6 is 0 Å². The van der Waals surface area contributed by atoms with Crippen molar-refractivity contribution < 1.29 is 13.6 Å². The Bertz CT molecular complexity index is 1030. The van der Waals surface area contributed by atoms with Gasteiger partial charge in [0.15, 0.2) is 11.6 Å². The number of carbonyl (C=O) groups excluding carboxylic acids is 1. The number of nitrogens with one attached hydrogen (secondary N) is 1. The van der Waals surface area contributed by atoms with E-state index in [1.165, 1.54) is 12.1 Å². The summed E-state index contributed by atoms with van der Waals surface area (Å²) in [6, 6.07) is 17.9. The molecule has 0 heterocycles. The lowest BCUT2D eigenvalue weighted by Crippen LogP contribution is -2.13. The SMILES string of the molecule is N#CC(=Cc1ccc(F)c(F)c1)C(=O)Nc1cccc2ccccc12. The normalized spacial score (nSPS) is 11.2. The van der Waals surface area contributed by atoms with E-state index in [4.69, 9.17) is 0 Å². The molecule has 0 fully saturated rings. The van der Waals surface area contributed by atoms with Gasteiger partial charge in [-0.15, -0.1) is 0 Å². The lowest BCUT2D eigenvalue weighted by atomic mass is 10.1. The molecule has 1 N–H and O–H groups in total. The second-order valence-corrected chi connectivity index (χ2v) is 5.32. The number of amides is 1. The van der Waals surface area contributed by atoms with Crippen LogP contribution in [0.3, 0.4) is 0 Å². The maximum atomic E-state index is 13.3. The van der Waals surface area contributed by atoms with Gasteiger partial charge in [-0.2, -0.15) is 5.26 Å². The molecule has 0 radical (unpaired) electrons. The first-order valence-corrected chi connectivity index (χ1v) is 7.44. The molecule has 0 saturated heterocycles. The average Bonchev–Trinajstić information content (AvgIpc) is 2.63. The molecular weight excluding hydrogens is 322 g/mol. The van der Waals surface area contributed by atoms with Gasteiger partial charge < -0.3 is 5.32 Å². The molecule has 0 bridgehead atoms. The molecule has 5 heteroatoms. The van der Waals surface area contributed by atoms with Crippen molar-refractivity contribution >= 4 is 28.4 Å². The van der Waals surface area contributed by atoms with Crippen LogP contribution in [0.4, 0.5) is 14.5 Å². The second-order valence-electron chi connectivity index (χ2n) is 5.32. The van der Waals surface area contributed by atoms with E-state index in [1.807, 2.05) is 30.3 Å². The number of nitriles is 1. The van der Waals surface area contributed by atoms with Crippen LogP contribution in [0.25, 0.3) is 16.8 Å². The van der Waals surface area contributed by atoms with E-state index in [2.05, 4.69) is 5.32 Å². The first-order valence-electron chi connectivity index (χ1n) is 7.44. The molecule has 0 unspecified atom stereocenters. The molecule has 0 aromatic heterocycles. The maximum absolute atomic E-state index is 13.3. The molecule has 3 aromatic carbocycles. The molecule has 0 aliphatic carbocycles. The fourth-order valence-corrected chi connectivity index (χ4v) is 2.44. The summed E-state index contributed by atoms with van der Waals surface area (Å²) in [4.78, 5) is 12.4. The number of rotatable bonds is 3. The van der Waals surface area contributed by atoms with Gasteiger partial charge in [0.25, 0.3) is 5.91 Å². The van der Waals surface area contributed by atoms with Gasteiger partial charge in [0.2, 0.25) is 0 Å². The van der Waals surface area contributed by atoms with Gasteiger partial charge in [0.1, 0.15) is 11.6 Å². The quantitative estimate of drug-likeness (QED) is 0.559. The lowest BCUT2D eigenvalue weighted by molar-refractivity contribution is -0.112. The third kappa shape index (κ3) is 3.54. The Balaban J connectivity index is 1.91. The van der Waals surface area contributed by atoms with Crippen molar-refractivity contribution in [2.45, 2.75) is 0 Å². The number of hydrogen-bond donors (Lipinski definition) is 1. The van der Waals surface area contributed by atoms with Gasteiger partial charge in [0, 0.05) is 11.1 Å². The highest BCUT2D eigenvalue weighted by Crippen LogP contribution is 2.23. The largest absolute Gasteiger partial charge is 0.321 e. The summed E-state index contributed by atoms with van der Waals surface area (Å²) < 4.78 is 26.2. The third-order valence-corrected chi connectivity index (χ3v) is 3.66. The van der Waals surface area contributed by atoms with Crippen LogP contribution in [0.2, 0.25) is 0 Å². The molecule has 0 spiro atoms. The number of benzene rings is 3. The summed E-state index contributed by atoms with van der Waals surface area (Å²) in [5.74, 6) is -2.65. The highest BCUT2D eigenvalue weighted by atomic mass is 19.2. The van der Waals surface area contributed by atoms with E-state index < -0.39 is 17.5 Å². The van der Waals surface area contributed by atoms with Gasteiger partial charge in [-0.3, -0.25) is 4.79 Å². The van der Waals surface area contributed by atoms with Crippen molar-refractivity contribution in [3.8, 4) is 6.07 Å². The summed E-state index contributed by atoms with van der Waals surface area (Å²) in [5.41, 5.74) is 0.581. The van der Waals surface area contributed by atoms with Gasteiger partial charge in [-0.25, -0.2) is 8.78 Å². The van der Waals surface area contributed by atoms with Crippen LogP contribution in [0.15, 0.2) is 66.2 Å². The predicted molar refractivity (Wildman–Crippen MR) is 92.5 cm³/mol. The maximum Gasteiger partial charge on any atom is 0.266 e. The fraction of sp³-hybridized carbons (Fsp3) is 0. The summed E-state index contributed by atoms with van der Waals surface area (Å²) in [7, 11) is 0. The minimum absolute atomic E-state index is 0.209. The highest BCUT2D eigenvalue weighted by Gasteiger charge is 2.12. The summed E-state index contributed by atoms with van der Waals surface area (Å²) in [6.45, 7) is 0. The fourth-order valence-electron chi connectivity index (χ4n) is 2.44. The number of hydrogen-bond acceptors (Lipinski definition) is 2. The van der Waals surface area contributed by atoms with Crippen molar-refractivity contribution in [1.29, 1.82) is 5.26 Å². The Labute approximate surface area is 142 Å². The van der Waals surface area contributed by atoms with E-state index >= 15 is 0 Å². The zero-order valence-electron chi connectivity index (χ0n) is 13.0. The predicted octanol–water partition coefficient (Wildman–Crippen LogP) is 4.66. The van der Waals surface area contributed by atoms with Crippen molar-refractivity contribution in [2.75, 3.05) is 5.32 Å². The van der Waals surface area contributed by atoms with Crippen molar-refractivity contribution in [1.82, 2.24) is 0 Å². The molecule has 3 rings (SSSR count). The van der Waals surface area contributed by atoms with Crippen LogP contribution in [0.5, 0.6) is 0 Å². The summed E-state index contributed by atoms with van der Waals surface area (Å²) in [5, 5.41) is 13.7. The van der Waals surface area contributed by atoms with Gasteiger partial charge in [-0.05, 0) is 35.2 Å². The zero-order valence-corrected chi connectivity index (χ0v) is 13.0. The molecule has 1 amide bonds. The van der Waals surface area contributed by atoms with Crippen LogP contribution in [-0.4, -0.2) is 5.91 Å². The highest BCUT2D eigenvalue weighted by molar-refractivity contribution is 6.12. The van der Waals surface area contributed by atoms with Crippen molar-refractivity contribution in [3.05, 3.63) is 83.4 Å². The molecule has 0 aliphatic heterocycles. The average molecular weight is 334 g/mol. The monoisotopic (exact) mass is 334 g/mol. The number of halogens is 2.